The van der Waals surface area contributed by atoms with Crippen LogP contribution < -0.4 is 11.1 Å². The molecule has 1 amide bonds. The topological polar surface area (TPSA) is 83.8 Å². The minimum Gasteiger partial charge on any atom is -0.398 e. The molecule has 2 aromatic heterocycles. The largest absolute Gasteiger partial charge is 0.398 e. The van der Waals surface area contributed by atoms with Crippen molar-refractivity contribution in [2.24, 2.45) is 0 Å². The van der Waals surface area contributed by atoms with Gasteiger partial charge < -0.3 is 11.1 Å². The van der Waals surface area contributed by atoms with Crippen molar-refractivity contribution >= 4 is 28.7 Å². The van der Waals surface area contributed by atoms with Crippen molar-refractivity contribution in [3.63, 3.8) is 0 Å². The standard InChI is InChI=1S/C11H14N4OS/c1-5-6(2)14-15-10(5)13-11(16)9-4-8(12)7(3)17-9/h4H,12H2,1-3H3,(H2,13,14,15,16). The molecule has 0 spiro atoms. The molecular weight excluding hydrogens is 236 g/mol. The average molecular weight is 250 g/mol. The fourth-order valence-corrected chi connectivity index (χ4v) is 2.22. The number of anilines is 2. The molecule has 0 bridgehead atoms. The maximum atomic E-state index is 11.9. The van der Waals surface area contributed by atoms with E-state index < -0.39 is 0 Å². The number of aromatic nitrogens is 2. The first-order valence-electron chi connectivity index (χ1n) is 5.18. The lowest BCUT2D eigenvalue weighted by atomic mass is 10.3. The lowest BCUT2D eigenvalue weighted by Crippen LogP contribution is -2.11. The van der Waals surface area contributed by atoms with E-state index >= 15 is 0 Å². The second-order valence-electron chi connectivity index (χ2n) is 3.90. The summed E-state index contributed by atoms with van der Waals surface area (Å²) < 4.78 is 0. The van der Waals surface area contributed by atoms with Crippen molar-refractivity contribution in [2.45, 2.75) is 20.8 Å². The van der Waals surface area contributed by atoms with E-state index in [9.17, 15) is 4.79 Å². The molecule has 5 nitrogen and oxygen atoms in total. The Balaban J connectivity index is 2.20. The van der Waals surface area contributed by atoms with Crippen LogP contribution in [-0.4, -0.2) is 16.1 Å². The quantitative estimate of drug-likeness (QED) is 0.764. The van der Waals surface area contributed by atoms with Crippen molar-refractivity contribution in [3.05, 3.63) is 27.1 Å². The van der Waals surface area contributed by atoms with Crippen molar-refractivity contribution in [2.75, 3.05) is 11.1 Å². The molecule has 0 aromatic carbocycles. The third-order valence-corrected chi connectivity index (χ3v) is 3.73. The highest BCUT2D eigenvalue weighted by atomic mass is 32.1. The van der Waals surface area contributed by atoms with Crippen molar-refractivity contribution in [1.82, 2.24) is 10.2 Å². The maximum absolute atomic E-state index is 11.9. The Hall–Kier alpha value is -1.82. The number of nitrogens with two attached hydrogens (primary N) is 1. The molecular formula is C11H14N4OS. The number of carbonyl (C=O) groups is 1. The van der Waals surface area contributed by atoms with Crippen molar-refractivity contribution in [1.29, 1.82) is 0 Å². The summed E-state index contributed by atoms with van der Waals surface area (Å²) >= 11 is 1.38. The molecule has 0 saturated carbocycles. The van der Waals surface area contributed by atoms with Gasteiger partial charge in [0.1, 0.15) is 0 Å². The number of H-pyrrole nitrogens is 1. The maximum Gasteiger partial charge on any atom is 0.267 e. The SMILES string of the molecule is Cc1[nH]nc(NC(=O)c2cc(N)c(C)s2)c1C. The van der Waals surface area contributed by atoms with Crippen molar-refractivity contribution < 1.29 is 4.79 Å². The van der Waals surface area contributed by atoms with Gasteiger partial charge in [0.2, 0.25) is 0 Å². The van der Waals surface area contributed by atoms with Crippen LogP contribution >= 0.6 is 11.3 Å². The number of rotatable bonds is 2. The van der Waals surface area contributed by atoms with Crippen LogP contribution in [-0.2, 0) is 0 Å². The fraction of sp³-hybridized carbons (Fsp3) is 0.273. The molecule has 4 N–H and O–H groups in total. The van der Waals surface area contributed by atoms with E-state index in [4.69, 9.17) is 5.73 Å². The molecule has 2 rings (SSSR count). The second-order valence-corrected chi connectivity index (χ2v) is 5.15. The molecule has 0 unspecified atom stereocenters. The Kier molecular flexibility index (Phi) is 2.89. The molecule has 0 aliphatic carbocycles. The number of nitrogens with one attached hydrogen (secondary N) is 2. The molecule has 17 heavy (non-hydrogen) atoms. The van der Waals surface area contributed by atoms with Crippen LogP contribution in [0.25, 0.3) is 0 Å². The molecule has 0 atom stereocenters. The van der Waals surface area contributed by atoms with E-state index in [1.165, 1.54) is 11.3 Å². The van der Waals surface area contributed by atoms with E-state index in [0.29, 0.717) is 16.4 Å². The van der Waals surface area contributed by atoms with Gasteiger partial charge in [0, 0.05) is 21.8 Å². The zero-order valence-electron chi connectivity index (χ0n) is 9.92. The smallest absolute Gasteiger partial charge is 0.267 e. The van der Waals surface area contributed by atoms with Gasteiger partial charge in [-0.25, -0.2) is 0 Å². The lowest BCUT2D eigenvalue weighted by Gasteiger charge is -2.00. The van der Waals surface area contributed by atoms with Gasteiger partial charge in [0.05, 0.1) is 4.88 Å². The summed E-state index contributed by atoms with van der Waals surface area (Å²) in [5.41, 5.74) is 8.25. The van der Waals surface area contributed by atoms with E-state index in [0.717, 1.165) is 16.1 Å². The summed E-state index contributed by atoms with van der Waals surface area (Å²) in [6.07, 6.45) is 0. The van der Waals surface area contributed by atoms with E-state index in [-0.39, 0.29) is 5.91 Å². The molecule has 2 aromatic rings. The average Bonchev–Trinajstić information content (AvgIpc) is 2.77. The number of aryl methyl sites for hydroxylation is 2. The van der Waals surface area contributed by atoms with Crippen LogP contribution in [0.5, 0.6) is 0 Å². The van der Waals surface area contributed by atoms with Crippen LogP contribution in [0.3, 0.4) is 0 Å². The van der Waals surface area contributed by atoms with Crippen molar-refractivity contribution in [3.8, 4) is 0 Å². The Morgan fingerprint density at radius 3 is 2.65 bits per heavy atom. The number of hydrogen-bond acceptors (Lipinski definition) is 4. The number of thiophene rings is 1. The second kappa shape index (κ2) is 4.21. The summed E-state index contributed by atoms with van der Waals surface area (Å²) in [5, 5.41) is 9.61. The third kappa shape index (κ3) is 2.16. The first kappa shape index (κ1) is 11.7. The summed E-state index contributed by atoms with van der Waals surface area (Å²) in [6.45, 7) is 5.70. The van der Waals surface area contributed by atoms with Crippen LogP contribution in [0.15, 0.2) is 6.07 Å². The number of aromatic amines is 1. The van der Waals surface area contributed by atoms with Crippen LogP contribution in [0.2, 0.25) is 0 Å². The predicted octanol–water partition coefficient (Wildman–Crippen LogP) is 2.23. The molecule has 90 valence electrons. The Morgan fingerprint density at radius 2 is 2.18 bits per heavy atom. The number of hydrogen-bond donors (Lipinski definition) is 3. The minimum atomic E-state index is -0.176. The van der Waals surface area contributed by atoms with Gasteiger partial charge in [0.25, 0.3) is 5.91 Å². The van der Waals surface area contributed by atoms with Gasteiger partial charge in [-0.15, -0.1) is 11.3 Å². The molecule has 0 saturated heterocycles. The number of carbonyl (C=O) groups excluding carboxylic acids is 1. The van der Waals surface area contributed by atoms with Gasteiger partial charge in [-0.05, 0) is 26.8 Å². The first-order chi connectivity index (χ1) is 7.99. The highest BCUT2D eigenvalue weighted by Gasteiger charge is 2.14. The Bertz CT molecular complexity index is 551. The number of nitrogens with zero attached hydrogens (tertiary/aromatic N) is 1. The molecule has 0 radical (unpaired) electrons. The van der Waals surface area contributed by atoms with E-state index in [1.54, 1.807) is 6.07 Å². The van der Waals surface area contributed by atoms with Crippen LogP contribution in [0.1, 0.15) is 25.8 Å². The zero-order chi connectivity index (χ0) is 12.6. The van der Waals surface area contributed by atoms with Crippen LogP contribution in [0, 0.1) is 20.8 Å². The summed E-state index contributed by atoms with van der Waals surface area (Å²) in [7, 11) is 0. The highest BCUT2D eigenvalue weighted by molar-refractivity contribution is 7.14. The fourth-order valence-electron chi connectivity index (χ4n) is 1.38. The molecule has 2 heterocycles. The van der Waals surface area contributed by atoms with Gasteiger partial charge in [-0.1, -0.05) is 0 Å². The van der Waals surface area contributed by atoms with Crippen LogP contribution in [0.4, 0.5) is 11.5 Å². The molecule has 0 aliphatic rings. The van der Waals surface area contributed by atoms with Gasteiger partial charge >= 0.3 is 0 Å². The molecule has 6 heteroatoms. The normalized spacial score (nSPS) is 10.5. The number of amides is 1. The zero-order valence-corrected chi connectivity index (χ0v) is 10.7. The Morgan fingerprint density at radius 1 is 1.47 bits per heavy atom. The monoisotopic (exact) mass is 250 g/mol. The summed E-state index contributed by atoms with van der Waals surface area (Å²) in [5.74, 6) is 0.390. The Labute approximate surface area is 103 Å². The summed E-state index contributed by atoms with van der Waals surface area (Å²) in [4.78, 5) is 13.5. The first-order valence-corrected chi connectivity index (χ1v) is 5.99. The lowest BCUT2D eigenvalue weighted by molar-refractivity contribution is 0.103. The number of nitrogen functional groups attached to an aromatic ring is 1. The third-order valence-electron chi connectivity index (χ3n) is 2.67. The predicted molar refractivity (Wildman–Crippen MR) is 69.5 cm³/mol. The minimum absolute atomic E-state index is 0.176. The summed E-state index contributed by atoms with van der Waals surface area (Å²) in [6, 6.07) is 1.68. The highest BCUT2D eigenvalue weighted by Crippen LogP contribution is 2.24. The molecule has 0 aliphatic heterocycles. The van der Waals surface area contributed by atoms with Gasteiger partial charge in [-0.3, -0.25) is 9.89 Å². The van der Waals surface area contributed by atoms with E-state index in [1.807, 2.05) is 20.8 Å². The molecule has 0 fully saturated rings. The van der Waals surface area contributed by atoms with Gasteiger partial charge in [0.15, 0.2) is 5.82 Å². The van der Waals surface area contributed by atoms with E-state index in [2.05, 4.69) is 15.5 Å². The van der Waals surface area contributed by atoms with Gasteiger partial charge in [-0.2, -0.15) is 5.10 Å².